The fraction of sp³-hybridized carbons (Fsp3) is 0.500. The molecule has 17 heavy (non-hydrogen) atoms. The molecular weight excluding hydrogens is 214 g/mol. The molecule has 1 N–H and O–H groups in total. The molecule has 3 nitrogen and oxygen atoms in total. The molecule has 0 aliphatic heterocycles. The van der Waals surface area contributed by atoms with Gasteiger partial charge in [0.1, 0.15) is 11.5 Å². The Morgan fingerprint density at radius 2 is 2.35 bits per heavy atom. The minimum Gasteiger partial charge on any atom is -0.461 e. The Morgan fingerprint density at radius 1 is 1.59 bits per heavy atom. The first kappa shape index (κ1) is 12.0. The van der Waals surface area contributed by atoms with E-state index >= 15 is 0 Å². The van der Waals surface area contributed by atoms with Gasteiger partial charge in [-0.15, -0.1) is 0 Å². The largest absolute Gasteiger partial charge is 0.461 e. The molecule has 92 valence electrons. The molecule has 0 saturated heterocycles. The zero-order valence-electron chi connectivity index (χ0n) is 10.4. The van der Waals surface area contributed by atoms with Crippen LogP contribution in [0.5, 0.6) is 0 Å². The summed E-state index contributed by atoms with van der Waals surface area (Å²) in [5, 5.41) is 2.78. The normalized spacial score (nSPS) is 22.9. The van der Waals surface area contributed by atoms with Crippen LogP contribution in [0.25, 0.3) is 6.08 Å². The number of nitrogens with one attached hydrogen (secondary N) is 1. The van der Waals surface area contributed by atoms with E-state index in [9.17, 15) is 4.79 Å². The van der Waals surface area contributed by atoms with Crippen LogP contribution >= 0.6 is 0 Å². The summed E-state index contributed by atoms with van der Waals surface area (Å²) in [6.45, 7) is 4.96. The molecule has 1 amide bonds. The molecule has 0 spiro atoms. The van der Waals surface area contributed by atoms with Crippen LogP contribution in [0.1, 0.15) is 44.1 Å². The Balaban J connectivity index is 1.88. The van der Waals surface area contributed by atoms with Crippen molar-refractivity contribution in [3.05, 3.63) is 29.7 Å². The van der Waals surface area contributed by atoms with E-state index in [4.69, 9.17) is 4.42 Å². The van der Waals surface area contributed by atoms with Crippen molar-refractivity contribution in [3.63, 3.8) is 0 Å². The average molecular weight is 233 g/mol. The zero-order valence-corrected chi connectivity index (χ0v) is 10.4. The van der Waals surface area contributed by atoms with Gasteiger partial charge in [0.25, 0.3) is 0 Å². The van der Waals surface area contributed by atoms with Crippen molar-refractivity contribution in [3.8, 4) is 0 Å². The second kappa shape index (κ2) is 5.21. The SMILES string of the molecule is CCCNC(=O)/C=C/c1ccc(C2CC2C)o1. The first-order valence-electron chi connectivity index (χ1n) is 6.26. The lowest BCUT2D eigenvalue weighted by Crippen LogP contribution is -2.21. The topological polar surface area (TPSA) is 42.2 Å². The second-order valence-corrected chi connectivity index (χ2v) is 4.68. The Morgan fingerprint density at radius 3 is 3.00 bits per heavy atom. The molecule has 2 unspecified atom stereocenters. The highest BCUT2D eigenvalue weighted by Crippen LogP contribution is 2.47. The van der Waals surface area contributed by atoms with E-state index in [0.29, 0.717) is 12.5 Å². The molecule has 1 aromatic rings. The highest BCUT2D eigenvalue weighted by molar-refractivity contribution is 5.91. The molecule has 1 aromatic heterocycles. The molecule has 1 aliphatic carbocycles. The van der Waals surface area contributed by atoms with Crippen LogP contribution in [-0.2, 0) is 4.79 Å². The molecule has 3 heteroatoms. The van der Waals surface area contributed by atoms with Gasteiger partial charge in [-0.3, -0.25) is 4.79 Å². The predicted octanol–water partition coefficient (Wildman–Crippen LogP) is 2.94. The summed E-state index contributed by atoms with van der Waals surface area (Å²) in [4.78, 5) is 11.3. The number of hydrogen-bond donors (Lipinski definition) is 1. The van der Waals surface area contributed by atoms with E-state index in [-0.39, 0.29) is 5.91 Å². The number of furan rings is 1. The molecule has 0 aromatic carbocycles. The van der Waals surface area contributed by atoms with Gasteiger partial charge < -0.3 is 9.73 Å². The van der Waals surface area contributed by atoms with Gasteiger partial charge in [0, 0.05) is 18.5 Å². The summed E-state index contributed by atoms with van der Waals surface area (Å²) < 4.78 is 5.67. The van der Waals surface area contributed by atoms with Gasteiger partial charge in [-0.2, -0.15) is 0 Å². The van der Waals surface area contributed by atoms with Crippen molar-refractivity contribution >= 4 is 12.0 Å². The zero-order chi connectivity index (χ0) is 12.3. The number of amides is 1. The first-order valence-corrected chi connectivity index (χ1v) is 6.26. The standard InChI is InChI=1S/C14H19NO2/c1-3-8-15-14(16)7-5-11-4-6-13(17-11)12-9-10(12)2/h4-7,10,12H,3,8-9H2,1-2H3,(H,15,16)/b7-5+. The maximum absolute atomic E-state index is 11.3. The van der Waals surface area contributed by atoms with Crippen molar-refractivity contribution in [1.29, 1.82) is 0 Å². The molecule has 0 radical (unpaired) electrons. The second-order valence-electron chi connectivity index (χ2n) is 4.68. The maximum Gasteiger partial charge on any atom is 0.244 e. The average Bonchev–Trinajstić information content (AvgIpc) is 2.88. The van der Waals surface area contributed by atoms with E-state index in [1.165, 1.54) is 12.5 Å². The monoisotopic (exact) mass is 233 g/mol. The van der Waals surface area contributed by atoms with Crippen molar-refractivity contribution in [2.24, 2.45) is 5.92 Å². The summed E-state index contributed by atoms with van der Waals surface area (Å²) in [6, 6.07) is 3.93. The van der Waals surface area contributed by atoms with Crippen LogP contribution in [0.2, 0.25) is 0 Å². The number of carbonyl (C=O) groups is 1. The lowest BCUT2D eigenvalue weighted by atomic mass is 10.3. The Hall–Kier alpha value is -1.51. The van der Waals surface area contributed by atoms with Gasteiger partial charge in [0.2, 0.25) is 5.91 Å². The van der Waals surface area contributed by atoms with Gasteiger partial charge in [-0.25, -0.2) is 0 Å². The summed E-state index contributed by atoms with van der Waals surface area (Å²) in [5.41, 5.74) is 0. The Labute approximate surface area is 102 Å². The summed E-state index contributed by atoms with van der Waals surface area (Å²) in [6.07, 6.45) is 5.41. The third-order valence-electron chi connectivity index (χ3n) is 3.07. The molecule has 2 atom stereocenters. The number of hydrogen-bond acceptors (Lipinski definition) is 2. The maximum atomic E-state index is 11.3. The highest BCUT2D eigenvalue weighted by Gasteiger charge is 2.36. The van der Waals surface area contributed by atoms with E-state index in [0.717, 1.165) is 23.9 Å². The Bertz CT molecular complexity index is 420. The van der Waals surface area contributed by atoms with Crippen molar-refractivity contribution in [1.82, 2.24) is 5.32 Å². The van der Waals surface area contributed by atoms with Crippen LogP contribution in [0.15, 0.2) is 22.6 Å². The van der Waals surface area contributed by atoms with Gasteiger partial charge in [-0.1, -0.05) is 13.8 Å². The molecule has 2 rings (SSSR count). The lowest BCUT2D eigenvalue weighted by Gasteiger charge is -1.96. The van der Waals surface area contributed by atoms with Gasteiger partial charge in [0.05, 0.1) is 0 Å². The summed E-state index contributed by atoms with van der Waals surface area (Å²) in [5.74, 6) is 3.07. The highest BCUT2D eigenvalue weighted by atomic mass is 16.3. The van der Waals surface area contributed by atoms with Crippen LogP contribution in [0, 0.1) is 5.92 Å². The van der Waals surface area contributed by atoms with E-state index in [2.05, 4.69) is 12.2 Å². The third-order valence-corrected chi connectivity index (χ3v) is 3.07. The summed E-state index contributed by atoms with van der Waals surface area (Å²) >= 11 is 0. The molecule has 1 aliphatic rings. The first-order chi connectivity index (χ1) is 8.20. The fourth-order valence-electron chi connectivity index (χ4n) is 1.84. The lowest BCUT2D eigenvalue weighted by molar-refractivity contribution is -0.116. The molecular formula is C14H19NO2. The Kier molecular flexibility index (Phi) is 3.67. The smallest absolute Gasteiger partial charge is 0.244 e. The summed E-state index contributed by atoms with van der Waals surface area (Å²) in [7, 11) is 0. The van der Waals surface area contributed by atoms with Gasteiger partial charge >= 0.3 is 0 Å². The molecule has 1 saturated carbocycles. The molecule has 0 bridgehead atoms. The number of carbonyl (C=O) groups excluding carboxylic acids is 1. The van der Waals surface area contributed by atoms with Gasteiger partial charge in [0.15, 0.2) is 0 Å². The van der Waals surface area contributed by atoms with E-state index < -0.39 is 0 Å². The predicted molar refractivity (Wildman–Crippen MR) is 67.6 cm³/mol. The van der Waals surface area contributed by atoms with Crippen LogP contribution in [0.3, 0.4) is 0 Å². The minimum atomic E-state index is -0.0652. The van der Waals surface area contributed by atoms with Crippen molar-refractivity contribution < 1.29 is 9.21 Å². The minimum absolute atomic E-state index is 0.0652. The number of rotatable bonds is 5. The fourth-order valence-corrected chi connectivity index (χ4v) is 1.84. The van der Waals surface area contributed by atoms with E-state index in [1.807, 2.05) is 19.1 Å². The molecule has 1 fully saturated rings. The van der Waals surface area contributed by atoms with Crippen molar-refractivity contribution in [2.75, 3.05) is 6.54 Å². The van der Waals surface area contributed by atoms with Crippen LogP contribution < -0.4 is 5.32 Å². The van der Waals surface area contributed by atoms with Crippen molar-refractivity contribution in [2.45, 2.75) is 32.6 Å². The van der Waals surface area contributed by atoms with Crippen LogP contribution in [-0.4, -0.2) is 12.5 Å². The van der Waals surface area contributed by atoms with E-state index in [1.54, 1.807) is 6.08 Å². The quantitative estimate of drug-likeness (QED) is 0.794. The van der Waals surface area contributed by atoms with Gasteiger partial charge in [-0.05, 0) is 37.0 Å². The van der Waals surface area contributed by atoms with Crippen LogP contribution in [0.4, 0.5) is 0 Å². The third kappa shape index (κ3) is 3.22. The molecule has 1 heterocycles.